The van der Waals surface area contributed by atoms with Crippen molar-refractivity contribution in [3.63, 3.8) is 0 Å². The zero-order valence-corrected chi connectivity index (χ0v) is 13.9. The van der Waals surface area contributed by atoms with Gasteiger partial charge in [0.1, 0.15) is 18.1 Å². The van der Waals surface area contributed by atoms with E-state index in [-0.39, 0.29) is 19.6 Å². The van der Waals surface area contributed by atoms with Crippen LogP contribution in [0.3, 0.4) is 0 Å². The van der Waals surface area contributed by atoms with Crippen LogP contribution in [-0.2, 0) is 11.3 Å². The van der Waals surface area contributed by atoms with Gasteiger partial charge >= 0.3 is 6.18 Å². The van der Waals surface area contributed by atoms with Crippen LogP contribution in [-0.4, -0.2) is 30.1 Å². The van der Waals surface area contributed by atoms with Crippen LogP contribution < -0.4 is 4.74 Å². The number of alkyl halides is 3. The summed E-state index contributed by atoms with van der Waals surface area (Å²) in [4.78, 5) is 12.9. The zero-order chi connectivity index (χ0) is 18.3. The molecule has 0 aliphatic carbocycles. The monoisotopic (exact) mass is 355 g/mol. The third-order valence-corrected chi connectivity index (χ3v) is 3.54. The van der Waals surface area contributed by atoms with E-state index >= 15 is 0 Å². The number of ether oxygens (including phenoxy) is 1. The van der Waals surface area contributed by atoms with Gasteiger partial charge in [0.15, 0.2) is 0 Å². The van der Waals surface area contributed by atoms with Gasteiger partial charge in [0.05, 0.1) is 19.4 Å². The van der Waals surface area contributed by atoms with Crippen LogP contribution >= 0.6 is 0 Å². The van der Waals surface area contributed by atoms with Gasteiger partial charge in [0, 0.05) is 6.42 Å². The van der Waals surface area contributed by atoms with Crippen molar-refractivity contribution >= 4 is 5.91 Å². The average Bonchev–Trinajstić information content (AvgIpc) is 3.04. The molecule has 0 saturated heterocycles. The lowest BCUT2D eigenvalue weighted by Gasteiger charge is -2.23. The molecule has 2 aromatic rings. The minimum atomic E-state index is -4.46. The minimum absolute atomic E-state index is 0.0251. The van der Waals surface area contributed by atoms with Gasteiger partial charge in [0.25, 0.3) is 0 Å². The molecule has 0 fully saturated rings. The molecule has 136 valence electrons. The third-order valence-electron chi connectivity index (χ3n) is 3.54. The van der Waals surface area contributed by atoms with E-state index < -0.39 is 18.6 Å². The summed E-state index contributed by atoms with van der Waals surface area (Å²) in [6, 6.07) is 10.5. The number of carbonyl (C=O) groups excluding carboxylic acids is 1. The summed E-state index contributed by atoms with van der Waals surface area (Å²) in [6.07, 6.45) is -2.79. The number of nitrogens with zero attached hydrogens (tertiary/aromatic N) is 1. The number of amides is 1. The number of benzene rings is 1. The van der Waals surface area contributed by atoms with E-state index in [9.17, 15) is 18.0 Å². The van der Waals surface area contributed by atoms with Crippen LogP contribution in [0.4, 0.5) is 13.2 Å². The Labute approximate surface area is 144 Å². The largest absolute Gasteiger partial charge is 0.493 e. The van der Waals surface area contributed by atoms with E-state index in [1.807, 2.05) is 31.2 Å². The number of aryl methyl sites for hydroxylation is 1. The number of hydrogen-bond acceptors (Lipinski definition) is 3. The third kappa shape index (κ3) is 6.52. The quantitative estimate of drug-likeness (QED) is 0.662. The highest BCUT2D eigenvalue weighted by Crippen LogP contribution is 2.20. The Hall–Kier alpha value is -2.44. The molecule has 0 atom stereocenters. The molecule has 1 heterocycles. The van der Waals surface area contributed by atoms with Crippen molar-refractivity contribution in [2.45, 2.75) is 32.5 Å². The first-order valence-electron chi connectivity index (χ1n) is 7.90. The molecule has 0 radical (unpaired) electrons. The smallest absolute Gasteiger partial charge is 0.406 e. The van der Waals surface area contributed by atoms with Crippen molar-refractivity contribution in [3.8, 4) is 5.75 Å². The molecular weight excluding hydrogens is 335 g/mol. The van der Waals surface area contributed by atoms with Gasteiger partial charge in [0.2, 0.25) is 5.91 Å². The molecule has 0 aliphatic rings. The van der Waals surface area contributed by atoms with Gasteiger partial charge in [-0.2, -0.15) is 13.2 Å². The second kappa shape index (κ2) is 8.60. The summed E-state index contributed by atoms with van der Waals surface area (Å²) in [5.41, 5.74) is 0.963. The molecule has 0 aliphatic heterocycles. The number of rotatable bonds is 8. The van der Waals surface area contributed by atoms with Gasteiger partial charge in [-0.05, 0) is 37.1 Å². The summed E-state index contributed by atoms with van der Waals surface area (Å²) in [5.74, 6) is 0.438. The van der Waals surface area contributed by atoms with Gasteiger partial charge in [-0.3, -0.25) is 4.79 Å². The standard InChI is InChI=1S/C18H20F3NO3/c1-14-6-2-3-8-16(14)25-11-5-9-17(23)22(13-18(19,20)21)12-15-7-4-10-24-15/h2-4,6-8,10H,5,9,11-13H2,1H3. The molecule has 1 aromatic carbocycles. The highest BCUT2D eigenvalue weighted by Gasteiger charge is 2.33. The molecule has 0 saturated carbocycles. The predicted octanol–water partition coefficient (Wildman–Crippen LogP) is 4.34. The number of hydrogen-bond donors (Lipinski definition) is 0. The normalized spacial score (nSPS) is 11.4. The maximum absolute atomic E-state index is 12.7. The molecular formula is C18H20F3NO3. The predicted molar refractivity (Wildman–Crippen MR) is 86.1 cm³/mol. The topological polar surface area (TPSA) is 42.7 Å². The van der Waals surface area contributed by atoms with E-state index in [1.54, 1.807) is 6.07 Å². The average molecular weight is 355 g/mol. The fraction of sp³-hybridized carbons (Fsp3) is 0.389. The van der Waals surface area contributed by atoms with Gasteiger partial charge in [-0.25, -0.2) is 0 Å². The highest BCUT2D eigenvalue weighted by atomic mass is 19.4. The summed E-state index contributed by atoms with van der Waals surface area (Å²) in [7, 11) is 0. The Kier molecular flexibility index (Phi) is 6.50. The van der Waals surface area contributed by atoms with Crippen LogP contribution in [0.5, 0.6) is 5.75 Å². The van der Waals surface area contributed by atoms with Crippen molar-refractivity contribution < 1.29 is 27.1 Å². The number of carbonyl (C=O) groups is 1. The zero-order valence-electron chi connectivity index (χ0n) is 13.9. The molecule has 0 unspecified atom stereocenters. The van der Waals surface area contributed by atoms with E-state index in [0.29, 0.717) is 17.9 Å². The Bertz CT molecular complexity index is 668. The Morgan fingerprint density at radius 1 is 1.20 bits per heavy atom. The Morgan fingerprint density at radius 2 is 1.96 bits per heavy atom. The first-order valence-corrected chi connectivity index (χ1v) is 7.90. The summed E-state index contributed by atoms with van der Waals surface area (Å²) >= 11 is 0. The van der Waals surface area contributed by atoms with E-state index in [0.717, 1.165) is 10.5 Å². The van der Waals surface area contributed by atoms with Gasteiger partial charge in [-0.1, -0.05) is 18.2 Å². The lowest BCUT2D eigenvalue weighted by atomic mass is 10.2. The number of furan rings is 1. The van der Waals surface area contributed by atoms with Crippen molar-refractivity contribution in [2.75, 3.05) is 13.2 Å². The second-order valence-corrected chi connectivity index (χ2v) is 5.66. The maximum atomic E-state index is 12.7. The van der Waals surface area contributed by atoms with Crippen molar-refractivity contribution in [1.82, 2.24) is 4.90 Å². The molecule has 1 aromatic heterocycles. The van der Waals surface area contributed by atoms with E-state index in [4.69, 9.17) is 9.15 Å². The molecule has 25 heavy (non-hydrogen) atoms. The minimum Gasteiger partial charge on any atom is -0.493 e. The van der Waals surface area contributed by atoms with E-state index in [1.165, 1.54) is 12.3 Å². The SMILES string of the molecule is Cc1ccccc1OCCCC(=O)N(Cc1ccco1)CC(F)(F)F. The number of halogens is 3. The molecule has 0 N–H and O–H groups in total. The van der Waals surface area contributed by atoms with Crippen LogP contribution in [0.1, 0.15) is 24.2 Å². The Balaban J connectivity index is 1.85. The molecule has 1 amide bonds. The van der Waals surface area contributed by atoms with Gasteiger partial charge in [-0.15, -0.1) is 0 Å². The fourth-order valence-electron chi connectivity index (χ4n) is 2.32. The van der Waals surface area contributed by atoms with Crippen LogP contribution in [0.25, 0.3) is 0 Å². The summed E-state index contributed by atoms with van der Waals surface area (Å²) in [5, 5.41) is 0. The van der Waals surface area contributed by atoms with Crippen molar-refractivity contribution in [2.24, 2.45) is 0 Å². The first-order chi connectivity index (χ1) is 11.8. The lowest BCUT2D eigenvalue weighted by Crippen LogP contribution is -2.38. The summed E-state index contributed by atoms with van der Waals surface area (Å²) < 4.78 is 48.7. The van der Waals surface area contributed by atoms with Crippen LogP contribution in [0.15, 0.2) is 47.1 Å². The van der Waals surface area contributed by atoms with Crippen LogP contribution in [0.2, 0.25) is 0 Å². The molecule has 2 rings (SSSR count). The maximum Gasteiger partial charge on any atom is 0.406 e. The first kappa shape index (κ1) is 18.9. The van der Waals surface area contributed by atoms with E-state index in [2.05, 4.69) is 0 Å². The molecule has 0 bridgehead atoms. The van der Waals surface area contributed by atoms with Crippen molar-refractivity contribution in [1.29, 1.82) is 0 Å². The highest BCUT2D eigenvalue weighted by molar-refractivity contribution is 5.76. The van der Waals surface area contributed by atoms with Gasteiger partial charge < -0.3 is 14.1 Å². The molecule has 7 heteroatoms. The van der Waals surface area contributed by atoms with Crippen LogP contribution in [0, 0.1) is 6.92 Å². The molecule has 4 nitrogen and oxygen atoms in total. The lowest BCUT2D eigenvalue weighted by molar-refractivity contribution is -0.163. The fourth-order valence-corrected chi connectivity index (χ4v) is 2.32. The summed E-state index contributed by atoms with van der Waals surface area (Å²) in [6.45, 7) is 0.654. The number of para-hydroxylation sites is 1. The Morgan fingerprint density at radius 3 is 2.60 bits per heavy atom. The second-order valence-electron chi connectivity index (χ2n) is 5.66. The van der Waals surface area contributed by atoms with Crippen molar-refractivity contribution in [3.05, 3.63) is 54.0 Å². The molecule has 0 spiro atoms.